The van der Waals surface area contributed by atoms with Crippen LogP contribution in [0.25, 0.3) is 6.08 Å². The molecule has 0 N–H and O–H groups in total. The molecule has 0 saturated heterocycles. The molecule has 0 unspecified atom stereocenters. The quantitative estimate of drug-likeness (QED) is 0.600. The van der Waals surface area contributed by atoms with Gasteiger partial charge in [-0.05, 0) is 55.7 Å². The SMILES string of the molecule is COc1ccc(/C=C/C(=O)O[C@H](C)C(=O)N2c3ccccc3C[C@@H]2C)cc1. The van der Waals surface area contributed by atoms with Crippen molar-refractivity contribution in [3.8, 4) is 5.75 Å². The van der Waals surface area contributed by atoms with Crippen LogP contribution in [0.2, 0.25) is 0 Å². The standard InChI is InChI=1S/C22H23NO4/c1-15-14-18-6-4-5-7-20(18)23(15)22(25)16(2)27-21(24)13-10-17-8-11-19(26-3)12-9-17/h4-13,15-16H,14H2,1-3H3/b13-10+/t15-,16+/m0/s1. The van der Waals surface area contributed by atoms with Crippen LogP contribution in [0.15, 0.2) is 54.6 Å². The van der Waals surface area contributed by atoms with E-state index >= 15 is 0 Å². The summed E-state index contributed by atoms with van der Waals surface area (Å²) in [6, 6.07) is 15.2. The van der Waals surface area contributed by atoms with Crippen LogP contribution < -0.4 is 9.64 Å². The number of nitrogens with zero attached hydrogens (tertiary/aromatic N) is 1. The topological polar surface area (TPSA) is 55.8 Å². The van der Waals surface area contributed by atoms with Gasteiger partial charge in [-0.3, -0.25) is 4.79 Å². The second-order valence-corrected chi connectivity index (χ2v) is 6.58. The van der Waals surface area contributed by atoms with E-state index in [-0.39, 0.29) is 11.9 Å². The molecule has 0 bridgehead atoms. The maximum absolute atomic E-state index is 12.8. The molecule has 2 aromatic rings. The highest BCUT2D eigenvalue weighted by molar-refractivity contribution is 6.00. The zero-order valence-electron chi connectivity index (χ0n) is 15.7. The number of carbonyl (C=O) groups is 2. The minimum Gasteiger partial charge on any atom is -0.497 e. The average Bonchev–Trinajstić information content (AvgIpc) is 3.01. The normalized spacial score (nSPS) is 16.9. The zero-order valence-corrected chi connectivity index (χ0v) is 15.7. The molecule has 140 valence electrons. The van der Waals surface area contributed by atoms with Crippen LogP contribution in [-0.2, 0) is 20.7 Å². The largest absolute Gasteiger partial charge is 0.497 e. The molecule has 0 saturated carbocycles. The molecule has 1 aliphatic heterocycles. The molecular formula is C22H23NO4. The van der Waals surface area contributed by atoms with E-state index in [1.54, 1.807) is 25.0 Å². The van der Waals surface area contributed by atoms with Crippen LogP contribution in [0, 0.1) is 0 Å². The Morgan fingerprint density at radius 3 is 2.56 bits per heavy atom. The van der Waals surface area contributed by atoms with Gasteiger partial charge in [-0.2, -0.15) is 0 Å². The Morgan fingerprint density at radius 1 is 1.15 bits per heavy atom. The third-order valence-electron chi connectivity index (χ3n) is 4.61. The van der Waals surface area contributed by atoms with E-state index in [9.17, 15) is 9.59 Å². The lowest BCUT2D eigenvalue weighted by Gasteiger charge is -2.25. The maximum atomic E-state index is 12.8. The Morgan fingerprint density at radius 2 is 1.85 bits per heavy atom. The van der Waals surface area contributed by atoms with Crippen molar-refractivity contribution in [3.63, 3.8) is 0 Å². The molecule has 0 aromatic heterocycles. The van der Waals surface area contributed by atoms with Crippen LogP contribution in [0.1, 0.15) is 25.0 Å². The molecular weight excluding hydrogens is 342 g/mol. The average molecular weight is 365 g/mol. The molecule has 0 aliphatic carbocycles. The highest BCUT2D eigenvalue weighted by Gasteiger charge is 2.34. The number of hydrogen-bond acceptors (Lipinski definition) is 4. The molecule has 0 spiro atoms. The van der Waals surface area contributed by atoms with Gasteiger partial charge in [-0.1, -0.05) is 30.3 Å². The minimum atomic E-state index is -0.855. The Hall–Kier alpha value is -3.08. The van der Waals surface area contributed by atoms with E-state index in [1.165, 1.54) is 6.08 Å². The summed E-state index contributed by atoms with van der Waals surface area (Å²) >= 11 is 0. The third-order valence-corrected chi connectivity index (χ3v) is 4.61. The Bertz CT molecular complexity index is 857. The first-order valence-electron chi connectivity index (χ1n) is 8.93. The molecule has 0 fully saturated rings. The summed E-state index contributed by atoms with van der Waals surface area (Å²) in [6.45, 7) is 3.60. The lowest BCUT2D eigenvalue weighted by Crippen LogP contribution is -2.43. The summed E-state index contributed by atoms with van der Waals surface area (Å²) in [4.78, 5) is 26.6. The molecule has 0 radical (unpaired) electrons. The van der Waals surface area contributed by atoms with Crippen molar-refractivity contribution in [2.75, 3.05) is 12.0 Å². The van der Waals surface area contributed by atoms with Crippen LogP contribution in [-0.4, -0.2) is 31.1 Å². The summed E-state index contributed by atoms with van der Waals surface area (Å²) in [5, 5.41) is 0. The van der Waals surface area contributed by atoms with Gasteiger partial charge < -0.3 is 14.4 Å². The zero-order chi connectivity index (χ0) is 19.4. The summed E-state index contributed by atoms with van der Waals surface area (Å²) in [7, 11) is 1.60. The van der Waals surface area contributed by atoms with E-state index in [4.69, 9.17) is 9.47 Å². The highest BCUT2D eigenvalue weighted by Crippen LogP contribution is 2.32. The van der Waals surface area contributed by atoms with Crippen molar-refractivity contribution >= 4 is 23.6 Å². The van der Waals surface area contributed by atoms with Crippen molar-refractivity contribution in [2.45, 2.75) is 32.4 Å². The molecule has 2 aromatic carbocycles. The lowest BCUT2D eigenvalue weighted by molar-refractivity contribution is -0.149. The molecule has 1 aliphatic rings. The number of rotatable bonds is 5. The van der Waals surface area contributed by atoms with Gasteiger partial charge >= 0.3 is 5.97 Å². The highest BCUT2D eigenvalue weighted by atomic mass is 16.5. The second kappa shape index (κ2) is 8.08. The number of methoxy groups -OCH3 is 1. The number of carbonyl (C=O) groups excluding carboxylic acids is 2. The first-order valence-corrected chi connectivity index (χ1v) is 8.93. The molecule has 5 nitrogen and oxygen atoms in total. The Kier molecular flexibility index (Phi) is 5.60. The van der Waals surface area contributed by atoms with E-state index in [2.05, 4.69) is 0 Å². The maximum Gasteiger partial charge on any atom is 0.331 e. The predicted molar refractivity (Wildman–Crippen MR) is 105 cm³/mol. The van der Waals surface area contributed by atoms with Gasteiger partial charge in [0.05, 0.1) is 7.11 Å². The van der Waals surface area contributed by atoms with Crippen LogP contribution >= 0.6 is 0 Å². The second-order valence-electron chi connectivity index (χ2n) is 6.58. The number of esters is 1. The third kappa shape index (κ3) is 4.19. The van der Waals surface area contributed by atoms with Crippen molar-refractivity contribution in [2.24, 2.45) is 0 Å². The Labute approximate surface area is 159 Å². The number of fused-ring (bicyclic) bond motifs is 1. The number of hydrogen-bond donors (Lipinski definition) is 0. The molecule has 27 heavy (non-hydrogen) atoms. The van der Waals surface area contributed by atoms with E-state index < -0.39 is 12.1 Å². The van der Waals surface area contributed by atoms with Gasteiger partial charge in [0.1, 0.15) is 5.75 Å². The molecule has 1 heterocycles. The lowest BCUT2D eigenvalue weighted by atomic mass is 10.1. The van der Waals surface area contributed by atoms with Gasteiger partial charge in [0.25, 0.3) is 5.91 Å². The van der Waals surface area contributed by atoms with Gasteiger partial charge in [0.2, 0.25) is 0 Å². The number of ether oxygens (including phenoxy) is 2. The minimum absolute atomic E-state index is 0.0471. The summed E-state index contributed by atoms with van der Waals surface area (Å²) < 4.78 is 10.4. The van der Waals surface area contributed by atoms with Crippen LogP contribution in [0.4, 0.5) is 5.69 Å². The fraction of sp³-hybridized carbons (Fsp3) is 0.273. The first kappa shape index (κ1) is 18.7. The smallest absolute Gasteiger partial charge is 0.331 e. The number of para-hydroxylation sites is 1. The predicted octanol–water partition coefficient (Wildman–Crippen LogP) is 3.62. The number of benzene rings is 2. The van der Waals surface area contributed by atoms with Gasteiger partial charge in [0.15, 0.2) is 6.10 Å². The number of amides is 1. The first-order chi connectivity index (χ1) is 13.0. The molecule has 2 atom stereocenters. The van der Waals surface area contributed by atoms with E-state index in [0.717, 1.165) is 29.0 Å². The fourth-order valence-corrected chi connectivity index (χ4v) is 3.24. The fourth-order valence-electron chi connectivity index (χ4n) is 3.24. The molecule has 5 heteroatoms. The van der Waals surface area contributed by atoms with E-state index in [1.807, 2.05) is 55.5 Å². The summed E-state index contributed by atoms with van der Waals surface area (Å²) in [5.74, 6) is -0.0144. The van der Waals surface area contributed by atoms with Crippen molar-refractivity contribution < 1.29 is 19.1 Å². The van der Waals surface area contributed by atoms with E-state index in [0.29, 0.717) is 0 Å². The summed E-state index contributed by atoms with van der Waals surface area (Å²) in [5.41, 5.74) is 2.87. The summed E-state index contributed by atoms with van der Waals surface area (Å²) in [6.07, 6.45) is 2.92. The van der Waals surface area contributed by atoms with Gasteiger partial charge in [-0.15, -0.1) is 0 Å². The molecule has 1 amide bonds. The van der Waals surface area contributed by atoms with Crippen LogP contribution in [0.5, 0.6) is 5.75 Å². The monoisotopic (exact) mass is 365 g/mol. The molecule has 3 rings (SSSR count). The van der Waals surface area contributed by atoms with Crippen molar-refractivity contribution in [1.82, 2.24) is 0 Å². The van der Waals surface area contributed by atoms with Crippen molar-refractivity contribution in [1.29, 1.82) is 0 Å². The Balaban J connectivity index is 1.62. The number of anilines is 1. The van der Waals surface area contributed by atoms with Gasteiger partial charge in [0, 0.05) is 17.8 Å². The van der Waals surface area contributed by atoms with Crippen LogP contribution in [0.3, 0.4) is 0 Å². The van der Waals surface area contributed by atoms with Gasteiger partial charge in [-0.25, -0.2) is 4.79 Å². The van der Waals surface area contributed by atoms with Crippen molar-refractivity contribution in [3.05, 3.63) is 65.7 Å².